The van der Waals surface area contributed by atoms with Crippen LogP contribution < -0.4 is 0 Å². The molecular weight excluding hydrogens is 287 g/mol. The van der Waals surface area contributed by atoms with E-state index in [4.69, 9.17) is 4.42 Å². The van der Waals surface area contributed by atoms with Crippen molar-refractivity contribution < 1.29 is 22.1 Å². The maximum absolute atomic E-state index is 12.4. The van der Waals surface area contributed by atoms with Crippen molar-refractivity contribution in [1.82, 2.24) is 15.1 Å². The predicted octanol–water partition coefficient (Wildman–Crippen LogP) is 3.33. The molecule has 0 unspecified atom stereocenters. The number of benzene rings is 1. The van der Waals surface area contributed by atoms with Crippen LogP contribution in [-0.4, -0.2) is 15.1 Å². The normalized spacial score (nSPS) is 11.8. The van der Waals surface area contributed by atoms with Crippen molar-refractivity contribution in [2.45, 2.75) is 12.6 Å². The lowest BCUT2D eigenvalue weighted by atomic mass is 10.1. The van der Waals surface area contributed by atoms with Crippen LogP contribution in [-0.2, 0) is 12.6 Å². The SMILES string of the molecule is FC(F)(F)c1nc(-c2ccc(Cc3cocn3)cc2)no1. The lowest BCUT2D eigenvalue weighted by molar-refractivity contribution is -0.159. The Morgan fingerprint density at radius 2 is 1.86 bits per heavy atom. The monoisotopic (exact) mass is 295 g/mol. The molecule has 0 N–H and O–H groups in total. The number of nitrogens with zero attached hydrogens (tertiary/aromatic N) is 3. The van der Waals surface area contributed by atoms with Gasteiger partial charge in [0.05, 0.1) is 5.69 Å². The number of hydrogen-bond donors (Lipinski definition) is 0. The molecule has 2 heterocycles. The van der Waals surface area contributed by atoms with Gasteiger partial charge in [-0.1, -0.05) is 29.4 Å². The van der Waals surface area contributed by atoms with Gasteiger partial charge in [0.1, 0.15) is 6.26 Å². The molecule has 0 fully saturated rings. The summed E-state index contributed by atoms with van der Waals surface area (Å²) in [6.45, 7) is 0. The van der Waals surface area contributed by atoms with Crippen molar-refractivity contribution in [2.24, 2.45) is 0 Å². The number of hydrogen-bond acceptors (Lipinski definition) is 5. The minimum Gasteiger partial charge on any atom is -0.451 e. The van der Waals surface area contributed by atoms with Crippen LogP contribution in [0.4, 0.5) is 13.2 Å². The summed E-state index contributed by atoms with van der Waals surface area (Å²) in [6, 6.07) is 6.77. The van der Waals surface area contributed by atoms with Crippen LogP contribution >= 0.6 is 0 Å². The van der Waals surface area contributed by atoms with E-state index in [-0.39, 0.29) is 5.82 Å². The molecule has 0 aliphatic carbocycles. The third-order valence-electron chi connectivity index (χ3n) is 2.75. The van der Waals surface area contributed by atoms with Gasteiger partial charge in [-0.15, -0.1) is 0 Å². The summed E-state index contributed by atoms with van der Waals surface area (Å²) in [5, 5.41) is 3.32. The molecule has 8 heteroatoms. The average Bonchev–Trinajstić information content (AvgIpc) is 3.09. The van der Waals surface area contributed by atoms with Crippen molar-refractivity contribution in [3.8, 4) is 11.4 Å². The molecule has 108 valence electrons. The van der Waals surface area contributed by atoms with Gasteiger partial charge in [0.15, 0.2) is 6.39 Å². The van der Waals surface area contributed by atoms with Crippen LogP contribution in [0.5, 0.6) is 0 Å². The third-order valence-corrected chi connectivity index (χ3v) is 2.75. The van der Waals surface area contributed by atoms with E-state index in [1.54, 1.807) is 24.3 Å². The number of halogens is 3. The first kappa shape index (κ1) is 13.3. The van der Waals surface area contributed by atoms with Crippen LogP contribution in [0.25, 0.3) is 11.4 Å². The molecule has 0 spiro atoms. The fourth-order valence-corrected chi connectivity index (χ4v) is 1.76. The summed E-state index contributed by atoms with van der Waals surface area (Å²) in [5.41, 5.74) is 2.15. The first-order chi connectivity index (χ1) is 10.0. The zero-order valence-corrected chi connectivity index (χ0v) is 10.5. The molecule has 0 saturated carbocycles. The molecule has 3 aromatic rings. The van der Waals surface area contributed by atoms with Crippen molar-refractivity contribution in [1.29, 1.82) is 0 Å². The summed E-state index contributed by atoms with van der Waals surface area (Å²) >= 11 is 0. The molecule has 0 atom stereocenters. The molecule has 0 aliphatic rings. The molecule has 5 nitrogen and oxygen atoms in total. The fraction of sp³-hybridized carbons (Fsp3) is 0.154. The van der Waals surface area contributed by atoms with E-state index >= 15 is 0 Å². The van der Waals surface area contributed by atoms with Gasteiger partial charge in [-0.25, -0.2) is 4.98 Å². The molecule has 0 saturated heterocycles. The maximum Gasteiger partial charge on any atom is 0.471 e. The zero-order valence-electron chi connectivity index (χ0n) is 10.5. The van der Waals surface area contributed by atoms with E-state index in [1.807, 2.05) is 0 Å². The number of oxazole rings is 1. The van der Waals surface area contributed by atoms with Crippen molar-refractivity contribution >= 4 is 0 Å². The first-order valence-electron chi connectivity index (χ1n) is 5.89. The van der Waals surface area contributed by atoms with Gasteiger partial charge in [-0.3, -0.25) is 0 Å². The van der Waals surface area contributed by atoms with Crippen LogP contribution in [0.2, 0.25) is 0 Å². The highest BCUT2D eigenvalue weighted by Gasteiger charge is 2.38. The predicted molar refractivity (Wildman–Crippen MR) is 64.0 cm³/mol. The van der Waals surface area contributed by atoms with Gasteiger partial charge in [0.25, 0.3) is 0 Å². The summed E-state index contributed by atoms with van der Waals surface area (Å²) in [7, 11) is 0. The van der Waals surface area contributed by atoms with Crippen molar-refractivity contribution in [3.05, 3.63) is 54.1 Å². The maximum atomic E-state index is 12.4. The lowest BCUT2D eigenvalue weighted by Gasteiger charge is -1.99. The van der Waals surface area contributed by atoms with Crippen LogP contribution in [0.15, 0.2) is 45.9 Å². The molecule has 3 rings (SSSR count). The Morgan fingerprint density at radius 1 is 1.10 bits per heavy atom. The number of rotatable bonds is 3. The highest BCUT2D eigenvalue weighted by atomic mass is 19.4. The fourth-order valence-electron chi connectivity index (χ4n) is 1.76. The Labute approximate surface area is 116 Å². The summed E-state index contributed by atoms with van der Waals surface area (Å²) in [5.74, 6) is -1.46. The van der Waals surface area contributed by atoms with Gasteiger partial charge >= 0.3 is 12.1 Å². The second-order valence-electron chi connectivity index (χ2n) is 4.27. The van der Waals surface area contributed by atoms with Gasteiger partial charge in [-0.2, -0.15) is 18.2 Å². The Balaban J connectivity index is 1.79. The summed E-state index contributed by atoms with van der Waals surface area (Å²) in [4.78, 5) is 7.32. The van der Waals surface area contributed by atoms with E-state index in [9.17, 15) is 13.2 Å². The topological polar surface area (TPSA) is 65.0 Å². The molecule has 0 bridgehead atoms. The smallest absolute Gasteiger partial charge is 0.451 e. The lowest BCUT2D eigenvalue weighted by Crippen LogP contribution is -2.04. The van der Waals surface area contributed by atoms with Gasteiger partial charge in [0.2, 0.25) is 5.82 Å². The van der Waals surface area contributed by atoms with Gasteiger partial charge in [-0.05, 0) is 5.56 Å². The van der Waals surface area contributed by atoms with E-state index in [2.05, 4.69) is 19.6 Å². The molecule has 0 amide bonds. The van der Waals surface area contributed by atoms with Gasteiger partial charge in [0, 0.05) is 12.0 Å². The average molecular weight is 295 g/mol. The van der Waals surface area contributed by atoms with Crippen LogP contribution in [0, 0.1) is 0 Å². The largest absolute Gasteiger partial charge is 0.471 e. The molecule has 1 aromatic carbocycles. The minimum atomic E-state index is -4.64. The molecule has 21 heavy (non-hydrogen) atoms. The van der Waals surface area contributed by atoms with Crippen molar-refractivity contribution in [3.63, 3.8) is 0 Å². The molecule has 0 aliphatic heterocycles. The Bertz CT molecular complexity index is 718. The van der Waals surface area contributed by atoms with E-state index in [0.29, 0.717) is 12.0 Å². The molecule has 2 aromatic heterocycles. The second-order valence-corrected chi connectivity index (χ2v) is 4.27. The van der Waals surface area contributed by atoms with Crippen LogP contribution in [0.1, 0.15) is 17.1 Å². The third kappa shape index (κ3) is 2.93. The number of aromatic nitrogens is 3. The van der Waals surface area contributed by atoms with Gasteiger partial charge < -0.3 is 8.94 Å². The Morgan fingerprint density at radius 3 is 2.43 bits per heavy atom. The first-order valence-corrected chi connectivity index (χ1v) is 5.89. The number of alkyl halides is 3. The minimum absolute atomic E-state index is 0.102. The summed E-state index contributed by atoms with van der Waals surface area (Å²) in [6.07, 6.45) is -1.21. The van der Waals surface area contributed by atoms with E-state index < -0.39 is 12.1 Å². The zero-order chi connectivity index (χ0) is 14.9. The molecule has 0 radical (unpaired) electrons. The Kier molecular flexibility index (Phi) is 3.20. The van der Waals surface area contributed by atoms with E-state index in [0.717, 1.165) is 11.3 Å². The molecular formula is C13H8F3N3O2. The standard InChI is InChI=1S/C13H8F3N3O2/c14-13(15,16)12-18-11(19-21-12)9-3-1-8(2-4-9)5-10-6-20-7-17-10/h1-4,6-7H,5H2. The highest BCUT2D eigenvalue weighted by molar-refractivity contribution is 5.54. The highest BCUT2D eigenvalue weighted by Crippen LogP contribution is 2.29. The van der Waals surface area contributed by atoms with E-state index in [1.165, 1.54) is 12.7 Å². The Hall–Kier alpha value is -2.64. The quantitative estimate of drug-likeness (QED) is 0.741. The van der Waals surface area contributed by atoms with Crippen LogP contribution in [0.3, 0.4) is 0 Å². The second kappa shape index (κ2) is 5.04. The van der Waals surface area contributed by atoms with Crippen molar-refractivity contribution in [2.75, 3.05) is 0 Å². The summed E-state index contributed by atoms with van der Waals surface area (Å²) < 4.78 is 46.2.